The third kappa shape index (κ3) is 2.47. The van der Waals surface area contributed by atoms with Crippen LogP contribution >= 0.6 is 0 Å². The molecule has 0 spiro atoms. The molecule has 1 saturated carbocycles. The predicted molar refractivity (Wildman–Crippen MR) is 76.9 cm³/mol. The fourth-order valence-corrected chi connectivity index (χ4v) is 2.25. The van der Waals surface area contributed by atoms with Gasteiger partial charge in [0.2, 0.25) is 0 Å². The van der Waals surface area contributed by atoms with E-state index < -0.39 is 0 Å². The first-order valence-corrected chi connectivity index (χ1v) is 6.63. The van der Waals surface area contributed by atoms with Gasteiger partial charge < -0.3 is 20.8 Å². The van der Waals surface area contributed by atoms with Crippen LogP contribution in [0.25, 0.3) is 0 Å². The van der Waals surface area contributed by atoms with E-state index in [2.05, 4.69) is 0 Å². The van der Waals surface area contributed by atoms with Crippen LogP contribution < -0.4 is 11.5 Å². The van der Waals surface area contributed by atoms with E-state index in [1.165, 1.54) is 0 Å². The van der Waals surface area contributed by atoms with Crippen molar-refractivity contribution in [1.29, 1.82) is 0 Å². The van der Waals surface area contributed by atoms with Crippen LogP contribution in [0.4, 0.5) is 11.4 Å². The first kappa shape index (κ1) is 12.6. The number of hydrogen-bond donors (Lipinski definition) is 2. The van der Waals surface area contributed by atoms with Crippen LogP contribution in [0.15, 0.2) is 41.0 Å². The van der Waals surface area contributed by atoms with Crippen molar-refractivity contribution < 1.29 is 9.21 Å². The smallest absolute Gasteiger partial charge is 0.256 e. The molecular weight excluding hydrogens is 254 g/mol. The third-order valence-electron chi connectivity index (χ3n) is 3.46. The first-order chi connectivity index (χ1) is 9.65. The molecular formula is C15H17N3O2. The van der Waals surface area contributed by atoms with Crippen LogP contribution in [-0.2, 0) is 6.54 Å². The number of rotatable bonds is 4. The maximum absolute atomic E-state index is 12.6. The second-order valence-corrected chi connectivity index (χ2v) is 5.09. The van der Waals surface area contributed by atoms with E-state index >= 15 is 0 Å². The molecule has 5 nitrogen and oxygen atoms in total. The fourth-order valence-electron chi connectivity index (χ4n) is 2.25. The van der Waals surface area contributed by atoms with Gasteiger partial charge in [0.1, 0.15) is 5.76 Å². The highest BCUT2D eigenvalue weighted by atomic mass is 16.3. The average molecular weight is 271 g/mol. The molecule has 0 saturated heterocycles. The zero-order valence-corrected chi connectivity index (χ0v) is 11.1. The second-order valence-electron chi connectivity index (χ2n) is 5.09. The molecule has 1 heterocycles. The Balaban J connectivity index is 1.85. The lowest BCUT2D eigenvalue weighted by molar-refractivity contribution is 0.0718. The van der Waals surface area contributed by atoms with E-state index in [0.717, 1.165) is 18.6 Å². The third-order valence-corrected chi connectivity index (χ3v) is 3.46. The summed E-state index contributed by atoms with van der Waals surface area (Å²) in [6.07, 6.45) is 3.67. The number of nitrogen functional groups attached to an aromatic ring is 2. The fraction of sp³-hybridized carbons (Fsp3) is 0.267. The molecule has 1 fully saturated rings. The summed E-state index contributed by atoms with van der Waals surface area (Å²) < 4.78 is 5.33. The summed E-state index contributed by atoms with van der Waals surface area (Å²) in [6, 6.07) is 8.97. The normalized spacial score (nSPS) is 14.2. The minimum atomic E-state index is -0.0681. The van der Waals surface area contributed by atoms with Gasteiger partial charge in [-0.1, -0.05) is 0 Å². The number of carbonyl (C=O) groups is 1. The lowest BCUT2D eigenvalue weighted by atomic mass is 10.1. The Morgan fingerprint density at radius 3 is 2.70 bits per heavy atom. The highest BCUT2D eigenvalue weighted by Gasteiger charge is 2.34. The highest BCUT2D eigenvalue weighted by molar-refractivity contribution is 6.00. The topological polar surface area (TPSA) is 85.5 Å². The molecule has 1 aromatic carbocycles. The molecule has 0 bridgehead atoms. The number of furan rings is 1. The Morgan fingerprint density at radius 1 is 1.30 bits per heavy atom. The number of hydrogen-bond acceptors (Lipinski definition) is 4. The molecule has 5 heteroatoms. The molecule has 1 aliphatic rings. The van der Waals surface area contributed by atoms with Gasteiger partial charge >= 0.3 is 0 Å². The zero-order valence-electron chi connectivity index (χ0n) is 11.1. The number of nitrogens with two attached hydrogens (primary N) is 2. The average Bonchev–Trinajstić information content (AvgIpc) is 3.12. The van der Waals surface area contributed by atoms with E-state index in [4.69, 9.17) is 15.9 Å². The van der Waals surface area contributed by atoms with Gasteiger partial charge in [-0.15, -0.1) is 0 Å². The van der Waals surface area contributed by atoms with Crippen LogP contribution in [0.5, 0.6) is 0 Å². The van der Waals surface area contributed by atoms with Crippen molar-refractivity contribution in [3.8, 4) is 0 Å². The van der Waals surface area contributed by atoms with Crippen molar-refractivity contribution in [2.24, 2.45) is 0 Å². The molecule has 0 aliphatic heterocycles. The van der Waals surface area contributed by atoms with Crippen LogP contribution in [0.3, 0.4) is 0 Å². The minimum Gasteiger partial charge on any atom is -0.467 e. The van der Waals surface area contributed by atoms with E-state index in [1.807, 2.05) is 17.0 Å². The molecule has 20 heavy (non-hydrogen) atoms. The Kier molecular flexibility index (Phi) is 3.10. The van der Waals surface area contributed by atoms with Gasteiger partial charge in [0, 0.05) is 17.4 Å². The van der Waals surface area contributed by atoms with Crippen LogP contribution in [0, 0.1) is 0 Å². The van der Waals surface area contributed by atoms with E-state index in [1.54, 1.807) is 24.5 Å². The summed E-state index contributed by atoms with van der Waals surface area (Å²) in [5.74, 6) is 0.709. The summed E-state index contributed by atoms with van der Waals surface area (Å²) in [5.41, 5.74) is 13.0. The second kappa shape index (κ2) is 4.92. The molecule has 0 radical (unpaired) electrons. The number of anilines is 2. The monoisotopic (exact) mass is 271 g/mol. The van der Waals surface area contributed by atoms with Crippen molar-refractivity contribution >= 4 is 17.3 Å². The molecule has 104 valence electrons. The molecule has 0 atom stereocenters. The minimum absolute atomic E-state index is 0.0681. The molecule has 2 aromatic rings. The van der Waals surface area contributed by atoms with Gasteiger partial charge in [-0.3, -0.25) is 4.79 Å². The Hall–Kier alpha value is -2.43. The lowest BCUT2D eigenvalue weighted by Gasteiger charge is -2.22. The molecule has 4 N–H and O–H groups in total. The summed E-state index contributed by atoms with van der Waals surface area (Å²) in [4.78, 5) is 14.5. The van der Waals surface area contributed by atoms with Crippen molar-refractivity contribution in [1.82, 2.24) is 4.90 Å². The molecule has 0 unspecified atom stereocenters. The van der Waals surface area contributed by atoms with Crippen molar-refractivity contribution in [2.45, 2.75) is 25.4 Å². The van der Waals surface area contributed by atoms with Gasteiger partial charge in [0.25, 0.3) is 5.91 Å². The highest BCUT2D eigenvalue weighted by Crippen LogP contribution is 2.31. The maximum Gasteiger partial charge on any atom is 0.256 e. The van der Waals surface area contributed by atoms with Gasteiger partial charge in [-0.2, -0.15) is 0 Å². The number of carbonyl (C=O) groups excluding carboxylic acids is 1. The molecule has 1 amide bonds. The van der Waals surface area contributed by atoms with Crippen LogP contribution in [0.2, 0.25) is 0 Å². The van der Waals surface area contributed by atoms with Gasteiger partial charge in [0.05, 0.1) is 18.4 Å². The van der Waals surface area contributed by atoms with Gasteiger partial charge in [-0.25, -0.2) is 0 Å². The SMILES string of the molecule is Nc1ccc(C(=O)N(Cc2ccco2)C2CC2)c(N)c1. The first-order valence-electron chi connectivity index (χ1n) is 6.63. The maximum atomic E-state index is 12.6. The zero-order chi connectivity index (χ0) is 14.1. The van der Waals surface area contributed by atoms with Gasteiger partial charge in [0.15, 0.2) is 0 Å². The molecule has 1 aliphatic carbocycles. The Labute approximate surface area is 117 Å². The Morgan fingerprint density at radius 2 is 2.10 bits per heavy atom. The van der Waals surface area contributed by atoms with Crippen LogP contribution in [0.1, 0.15) is 29.0 Å². The molecule has 1 aromatic heterocycles. The summed E-state index contributed by atoms with van der Waals surface area (Å²) in [7, 11) is 0. The van der Waals surface area contributed by atoms with Gasteiger partial charge in [-0.05, 0) is 43.2 Å². The molecule has 3 rings (SSSR count). The summed E-state index contributed by atoms with van der Waals surface area (Å²) >= 11 is 0. The van der Waals surface area contributed by atoms with Crippen molar-refractivity contribution in [3.63, 3.8) is 0 Å². The number of benzene rings is 1. The van der Waals surface area contributed by atoms with E-state index in [-0.39, 0.29) is 11.9 Å². The van der Waals surface area contributed by atoms with Crippen LogP contribution in [-0.4, -0.2) is 16.8 Å². The lowest BCUT2D eigenvalue weighted by Crippen LogP contribution is -2.33. The van der Waals surface area contributed by atoms with E-state index in [9.17, 15) is 4.79 Å². The summed E-state index contributed by atoms with van der Waals surface area (Å²) in [6.45, 7) is 0.473. The van der Waals surface area contributed by atoms with Crippen molar-refractivity contribution in [3.05, 3.63) is 47.9 Å². The Bertz CT molecular complexity index is 618. The predicted octanol–water partition coefficient (Wildman–Crippen LogP) is 2.25. The summed E-state index contributed by atoms with van der Waals surface area (Å²) in [5, 5.41) is 0. The largest absolute Gasteiger partial charge is 0.467 e. The quantitative estimate of drug-likeness (QED) is 0.835. The number of amides is 1. The standard InChI is InChI=1S/C15H17N3O2/c16-10-3-6-13(14(17)8-10)15(19)18(11-4-5-11)9-12-2-1-7-20-12/h1-3,6-8,11H,4-5,9,16-17H2. The number of nitrogens with zero attached hydrogens (tertiary/aromatic N) is 1. The van der Waals surface area contributed by atoms with Crippen molar-refractivity contribution in [2.75, 3.05) is 11.5 Å². The van der Waals surface area contributed by atoms with E-state index in [0.29, 0.717) is 23.5 Å².